The molecule has 1 aromatic carbocycles. The number of piperazine rings is 1. The van der Waals surface area contributed by atoms with Gasteiger partial charge in [0.15, 0.2) is 11.5 Å². The van der Waals surface area contributed by atoms with Crippen LogP contribution in [0.1, 0.15) is 12.0 Å². The van der Waals surface area contributed by atoms with Crippen LogP contribution in [0, 0.1) is 0 Å². The van der Waals surface area contributed by atoms with Crippen LogP contribution in [0.2, 0.25) is 0 Å². The van der Waals surface area contributed by atoms with Gasteiger partial charge in [-0.1, -0.05) is 12.1 Å². The number of fused-ring (bicyclic) bond motifs is 1. The first-order chi connectivity index (χ1) is 13.3. The summed E-state index contributed by atoms with van der Waals surface area (Å²) in [7, 11) is 1.68. The van der Waals surface area contributed by atoms with E-state index in [1.165, 1.54) is 5.56 Å². The summed E-state index contributed by atoms with van der Waals surface area (Å²) in [5, 5.41) is 9.57. The molecule has 1 fully saturated rings. The number of nitrogens with one attached hydrogen (secondary N) is 1. The first kappa shape index (κ1) is 17.7. The molecule has 3 aromatic rings. The lowest BCUT2D eigenvalue weighted by Gasteiger charge is -2.42. The normalized spacial score (nSPS) is 18.1. The second kappa shape index (κ2) is 7.89. The summed E-state index contributed by atoms with van der Waals surface area (Å²) in [6.07, 6.45) is 3.92. The van der Waals surface area contributed by atoms with E-state index in [9.17, 15) is 5.11 Å². The summed E-state index contributed by atoms with van der Waals surface area (Å²) < 4.78 is 5.34. The number of H-pyrrole nitrogens is 1. The number of benzene rings is 1. The van der Waals surface area contributed by atoms with Gasteiger partial charge in [0.05, 0.1) is 13.4 Å². The van der Waals surface area contributed by atoms with Gasteiger partial charge in [-0.2, -0.15) is 0 Å². The van der Waals surface area contributed by atoms with Crippen LogP contribution in [-0.4, -0.2) is 69.3 Å². The van der Waals surface area contributed by atoms with E-state index in [1.807, 2.05) is 12.1 Å². The molecule has 0 bridgehead atoms. The van der Waals surface area contributed by atoms with Crippen molar-refractivity contribution in [3.8, 4) is 5.75 Å². The second-order valence-electron chi connectivity index (χ2n) is 6.73. The Kier molecular flexibility index (Phi) is 5.17. The number of rotatable bonds is 6. The predicted octanol–water partition coefficient (Wildman–Crippen LogP) is 1.43. The minimum Gasteiger partial charge on any atom is -0.497 e. The number of ether oxygens (including phenoxy) is 1. The zero-order valence-electron chi connectivity index (χ0n) is 15.4. The molecular formula is C19H24N6O2. The average molecular weight is 368 g/mol. The third-order valence-corrected chi connectivity index (χ3v) is 5.09. The van der Waals surface area contributed by atoms with Crippen molar-refractivity contribution in [2.45, 2.75) is 19.0 Å². The smallest absolute Gasteiger partial charge is 0.182 e. The van der Waals surface area contributed by atoms with Crippen molar-refractivity contribution in [3.63, 3.8) is 0 Å². The van der Waals surface area contributed by atoms with Crippen LogP contribution < -0.4 is 9.64 Å². The van der Waals surface area contributed by atoms with Crippen LogP contribution in [0.15, 0.2) is 36.9 Å². The van der Waals surface area contributed by atoms with Crippen LogP contribution in [0.25, 0.3) is 11.2 Å². The molecule has 0 unspecified atom stereocenters. The fraction of sp³-hybridized carbons (Fsp3) is 0.421. The lowest BCUT2D eigenvalue weighted by Crippen LogP contribution is -2.53. The van der Waals surface area contributed by atoms with Crippen molar-refractivity contribution in [2.75, 3.05) is 38.3 Å². The summed E-state index contributed by atoms with van der Waals surface area (Å²) in [5.41, 5.74) is 2.75. The van der Waals surface area contributed by atoms with Crippen molar-refractivity contribution >= 4 is 17.0 Å². The highest BCUT2D eigenvalue weighted by Crippen LogP contribution is 2.25. The van der Waals surface area contributed by atoms with Crippen LogP contribution in [0.5, 0.6) is 5.75 Å². The topological polar surface area (TPSA) is 90.4 Å². The highest BCUT2D eigenvalue weighted by Gasteiger charge is 2.28. The minimum atomic E-state index is 0.163. The maximum Gasteiger partial charge on any atom is 0.182 e. The first-order valence-electron chi connectivity index (χ1n) is 9.15. The highest BCUT2D eigenvalue weighted by atomic mass is 16.5. The zero-order valence-corrected chi connectivity index (χ0v) is 15.4. The molecule has 0 amide bonds. The van der Waals surface area contributed by atoms with Crippen LogP contribution >= 0.6 is 0 Å². The number of hydrogen-bond donors (Lipinski definition) is 2. The molecule has 8 heteroatoms. The molecule has 0 saturated carbocycles. The molecule has 4 rings (SSSR count). The Morgan fingerprint density at radius 3 is 3.04 bits per heavy atom. The molecule has 0 spiro atoms. The van der Waals surface area contributed by atoms with Crippen molar-refractivity contribution in [2.24, 2.45) is 0 Å². The number of methoxy groups -OCH3 is 1. The molecule has 1 aliphatic rings. The van der Waals surface area contributed by atoms with E-state index in [0.717, 1.165) is 49.7 Å². The van der Waals surface area contributed by atoms with Gasteiger partial charge in [-0.15, -0.1) is 0 Å². The van der Waals surface area contributed by atoms with Crippen molar-refractivity contribution in [1.29, 1.82) is 0 Å². The van der Waals surface area contributed by atoms with Crippen LogP contribution in [0.3, 0.4) is 0 Å². The average Bonchev–Trinajstić information content (AvgIpc) is 3.18. The van der Waals surface area contributed by atoms with Crippen molar-refractivity contribution < 1.29 is 9.84 Å². The molecule has 1 saturated heterocycles. The van der Waals surface area contributed by atoms with Gasteiger partial charge in [0.25, 0.3) is 0 Å². The number of anilines is 1. The number of nitrogens with zero attached hydrogens (tertiary/aromatic N) is 5. The molecule has 0 radical (unpaired) electrons. The summed E-state index contributed by atoms with van der Waals surface area (Å²) in [4.78, 5) is 20.7. The summed E-state index contributed by atoms with van der Waals surface area (Å²) in [6.45, 7) is 3.55. The predicted molar refractivity (Wildman–Crippen MR) is 103 cm³/mol. The van der Waals surface area contributed by atoms with Gasteiger partial charge < -0.3 is 19.7 Å². The summed E-state index contributed by atoms with van der Waals surface area (Å²) >= 11 is 0. The Morgan fingerprint density at radius 2 is 2.19 bits per heavy atom. The lowest BCUT2D eigenvalue weighted by molar-refractivity contribution is 0.135. The Hall–Kier alpha value is -2.71. The fourth-order valence-corrected chi connectivity index (χ4v) is 3.71. The molecule has 1 aliphatic heterocycles. The van der Waals surface area contributed by atoms with Gasteiger partial charge in [0.2, 0.25) is 0 Å². The third kappa shape index (κ3) is 3.72. The summed E-state index contributed by atoms with van der Waals surface area (Å²) in [5.74, 6) is 1.74. The number of aliphatic hydroxyl groups is 1. The number of imidazole rings is 1. The molecule has 27 heavy (non-hydrogen) atoms. The molecule has 3 heterocycles. The van der Waals surface area contributed by atoms with Gasteiger partial charge in [-0.3, -0.25) is 4.90 Å². The minimum absolute atomic E-state index is 0.163. The SMILES string of the molecule is COc1cccc(CN2CCN(c3ncnc4nc[nH]c34)C[C@H]2CCO)c1. The summed E-state index contributed by atoms with van der Waals surface area (Å²) in [6, 6.07) is 8.39. The number of aromatic nitrogens is 4. The Balaban J connectivity index is 1.52. The van der Waals surface area contributed by atoms with Gasteiger partial charge >= 0.3 is 0 Å². The second-order valence-corrected chi connectivity index (χ2v) is 6.73. The highest BCUT2D eigenvalue weighted by molar-refractivity contribution is 5.82. The molecule has 2 N–H and O–H groups in total. The largest absolute Gasteiger partial charge is 0.497 e. The maximum atomic E-state index is 9.57. The zero-order chi connectivity index (χ0) is 18.6. The molecule has 2 aromatic heterocycles. The quantitative estimate of drug-likeness (QED) is 0.680. The third-order valence-electron chi connectivity index (χ3n) is 5.09. The number of aliphatic hydroxyl groups excluding tert-OH is 1. The van der Waals surface area contributed by atoms with Gasteiger partial charge in [0.1, 0.15) is 17.6 Å². The lowest BCUT2D eigenvalue weighted by atomic mass is 10.1. The fourth-order valence-electron chi connectivity index (χ4n) is 3.71. The standard InChI is InChI=1S/C19H24N6O2/c1-27-16-4-2-3-14(9-16)10-24-6-7-25(11-15(24)5-8-26)19-17-18(21-12-20-17)22-13-23-19/h2-4,9,12-13,15,26H,5-8,10-11H2,1H3,(H,20,21,22,23)/t15-/m1/s1. The number of aromatic amines is 1. The Labute approximate surface area is 157 Å². The van der Waals surface area contributed by atoms with Crippen molar-refractivity contribution in [1.82, 2.24) is 24.8 Å². The van der Waals surface area contributed by atoms with E-state index in [4.69, 9.17) is 4.74 Å². The van der Waals surface area contributed by atoms with E-state index in [2.05, 4.69) is 41.9 Å². The Morgan fingerprint density at radius 1 is 1.26 bits per heavy atom. The first-order valence-corrected chi connectivity index (χ1v) is 9.15. The van der Waals surface area contributed by atoms with E-state index >= 15 is 0 Å². The van der Waals surface area contributed by atoms with Crippen molar-refractivity contribution in [3.05, 3.63) is 42.5 Å². The molecule has 1 atom stereocenters. The molecular weight excluding hydrogens is 344 g/mol. The monoisotopic (exact) mass is 368 g/mol. The van der Waals surface area contributed by atoms with Gasteiger partial charge in [-0.25, -0.2) is 15.0 Å². The van der Waals surface area contributed by atoms with Crippen LogP contribution in [0.4, 0.5) is 5.82 Å². The van der Waals surface area contributed by atoms with Crippen LogP contribution in [-0.2, 0) is 6.54 Å². The number of hydrogen-bond acceptors (Lipinski definition) is 7. The van der Waals surface area contributed by atoms with E-state index < -0.39 is 0 Å². The molecule has 0 aliphatic carbocycles. The maximum absolute atomic E-state index is 9.57. The van der Waals surface area contributed by atoms with Gasteiger partial charge in [0, 0.05) is 38.8 Å². The van der Waals surface area contributed by atoms with E-state index in [-0.39, 0.29) is 12.6 Å². The van der Waals surface area contributed by atoms with Gasteiger partial charge in [-0.05, 0) is 24.1 Å². The van der Waals surface area contributed by atoms with E-state index in [0.29, 0.717) is 5.65 Å². The molecule has 142 valence electrons. The molecule has 8 nitrogen and oxygen atoms in total. The Bertz CT molecular complexity index is 899. The van der Waals surface area contributed by atoms with E-state index in [1.54, 1.807) is 19.8 Å².